The van der Waals surface area contributed by atoms with Gasteiger partial charge >= 0.3 is 0 Å². The van der Waals surface area contributed by atoms with Crippen LogP contribution < -0.4 is 0 Å². The Balaban J connectivity index is 3.79. The number of hydrogen-bond acceptors (Lipinski definition) is 2. The molecule has 0 aliphatic carbocycles. The number of rotatable bonds is 14. The van der Waals surface area contributed by atoms with Gasteiger partial charge in [0.05, 0.1) is 0 Å². The first-order chi connectivity index (χ1) is 12.3. The van der Waals surface area contributed by atoms with E-state index in [1.165, 1.54) is 44.9 Å². The lowest BCUT2D eigenvalue weighted by Gasteiger charge is -2.07. The fourth-order valence-corrected chi connectivity index (χ4v) is 2.63. The van der Waals surface area contributed by atoms with Crippen LogP contribution in [0, 0.1) is 23.7 Å². The quantitative estimate of drug-likeness (QED) is 0.277. The van der Waals surface area contributed by atoms with Gasteiger partial charge in [0.25, 0.3) is 0 Å². The second kappa shape index (κ2) is 19.4. The number of ether oxygens (including phenoxy) is 2. The van der Waals surface area contributed by atoms with Crippen LogP contribution in [0.1, 0.15) is 97.3 Å². The Morgan fingerprint density at radius 1 is 0.600 bits per heavy atom. The summed E-state index contributed by atoms with van der Waals surface area (Å²) in [4.78, 5) is 0. The van der Waals surface area contributed by atoms with Crippen LogP contribution in [0.25, 0.3) is 0 Å². The molecule has 0 saturated carbocycles. The highest BCUT2D eigenvalue weighted by molar-refractivity contribution is 5.06. The Morgan fingerprint density at radius 2 is 1.04 bits per heavy atom. The first-order valence-electron chi connectivity index (χ1n) is 10.3. The second-order valence-corrected chi connectivity index (χ2v) is 6.64. The highest BCUT2D eigenvalue weighted by Gasteiger charge is 2.02. The molecule has 2 atom stereocenters. The van der Waals surface area contributed by atoms with Crippen molar-refractivity contribution in [3.63, 3.8) is 0 Å². The van der Waals surface area contributed by atoms with E-state index in [1.54, 1.807) is 14.2 Å². The third kappa shape index (κ3) is 16.3. The molecule has 0 radical (unpaired) electrons. The first-order valence-corrected chi connectivity index (χ1v) is 10.3. The number of unbranched alkanes of at least 4 members (excludes halogenated alkanes) is 8. The molecule has 0 aliphatic rings. The largest absolute Gasteiger partial charge is 0.369 e. The first kappa shape index (κ1) is 24.0. The van der Waals surface area contributed by atoms with E-state index in [1.807, 2.05) is 0 Å². The third-order valence-corrected chi connectivity index (χ3v) is 4.34. The van der Waals surface area contributed by atoms with E-state index in [-0.39, 0.29) is 12.2 Å². The van der Waals surface area contributed by atoms with Crippen molar-refractivity contribution in [3.8, 4) is 23.7 Å². The molecule has 0 aliphatic heterocycles. The molecule has 2 nitrogen and oxygen atoms in total. The molecule has 0 spiro atoms. The Hall–Kier alpha value is -0.960. The van der Waals surface area contributed by atoms with Gasteiger partial charge in [-0.25, -0.2) is 0 Å². The van der Waals surface area contributed by atoms with Gasteiger partial charge in [-0.1, -0.05) is 57.8 Å². The zero-order valence-corrected chi connectivity index (χ0v) is 17.2. The van der Waals surface area contributed by atoms with Crippen molar-refractivity contribution in [2.45, 2.75) is 110 Å². The van der Waals surface area contributed by atoms with Crippen molar-refractivity contribution in [2.24, 2.45) is 0 Å². The minimum Gasteiger partial charge on any atom is -0.369 e. The SMILES string of the molecule is CCCCCCC(C#CCCCCC#CC(CCCCC)OC)OC. The standard InChI is InChI=1S/C23H40O2/c1-5-7-9-15-19-23(25-4)21-17-13-11-10-12-16-20-22(24-3)18-14-8-6-2/h22-23H,5-15,18-19H2,1-4H3. The van der Waals surface area contributed by atoms with Gasteiger partial charge in [0, 0.05) is 27.1 Å². The molecule has 0 aromatic rings. The van der Waals surface area contributed by atoms with Crippen LogP contribution in [-0.4, -0.2) is 26.4 Å². The fourth-order valence-electron chi connectivity index (χ4n) is 2.63. The zero-order valence-electron chi connectivity index (χ0n) is 17.2. The van der Waals surface area contributed by atoms with Gasteiger partial charge in [-0.2, -0.15) is 0 Å². The molecule has 0 amide bonds. The summed E-state index contributed by atoms with van der Waals surface area (Å²) in [6.45, 7) is 4.46. The van der Waals surface area contributed by atoms with Crippen LogP contribution in [-0.2, 0) is 9.47 Å². The molecule has 0 N–H and O–H groups in total. The molecule has 144 valence electrons. The van der Waals surface area contributed by atoms with Crippen molar-refractivity contribution in [1.82, 2.24) is 0 Å². The molecule has 25 heavy (non-hydrogen) atoms. The van der Waals surface area contributed by atoms with Crippen LogP contribution in [0.5, 0.6) is 0 Å². The highest BCUT2D eigenvalue weighted by Crippen LogP contribution is 2.08. The van der Waals surface area contributed by atoms with E-state index in [0.29, 0.717) is 0 Å². The average molecular weight is 349 g/mol. The molecular formula is C23H40O2. The maximum Gasteiger partial charge on any atom is 0.117 e. The van der Waals surface area contributed by atoms with E-state index >= 15 is 0 Å². The van der Waals surface area contributed by atoms with Gasteiger partial charge in [-0.3, -0.25) is 0 Å². The predicted octanol–water partition coefficient (Wildman–Crippen LogP) is 6.13. The van der Waals surface area contributed by atoms with Gasteiger partial charge in [0.2, 0.25) is 0 Å². The van der Waals surface area contributed by atoms with Crippen molar-refractivity contribution in [2.75, 3.05) is 14.2 Å². The van der Waals surface area contributed by atoms with E-state index in [9.17, 15) is 0 Å². The van der Waals surface area contributed by atoms with Gasteiger partial charge in [0.1, 0.15) is 12.2 Å². The topological polar surface area (TPSA) is 18.5 Å². The second-order valence-electron chi connectivity index (χ2n) is 6.64. The van der Waals surface area contributed by atoms with Crippen molar-refractivity contribution in [3.05, 3.63) is 0 Å². The summed E-state index contributed by atoms with van der Waals surface area (Å²) in [6, 6.07) is 0. The predicted molar refractivity (Wildman–Crippen MR) is 109 cm³/mol. The Labute approximate surface area is 157 Å². The van der Waals surface area contributed by atoms with Crippen LogP contribution in [0.3, 0.4) is 0 Å². The normalized spacial score (nSPS) is 12.6. The maximum atomic E-state index is 5.44. The van der Waals surface area contributed by atoms with Crippen molar-refractivity contribution < 1.29 is 9.47 Å². The maximum absolute atomic E-state index is 5.44. The van der Waals surface area contributed by atoms with Gasteiger partial charge in [-0.15, -0.1) is 11.8 Å². The number of methoxy groups -OCH3 is 2. The monoisotopic (exact) mass is 348 g/mol. The van der Waals surface area contributed by atoms with E-state index in [0.717, 1.165) is 38.5 Å². The smallest absolute Gasteiger partial charge is 0.117 e. The molecule has 0 fully saturated rings. The van der Waals surface area contributed by atoms with Gasteiger partial charge in [0.15, 0.2) is 0 Å². The van der Waals surface area contributed by atoms with Crippen molar-refractivity contribution in [1.29, 1.82) is 0 Å². The van der Waals surface area contributed by atoms with Gasteiger partial charge in [-0.05, 0) is 38.5 Å². The minimum absolute atomic E-state index is 0.113. The summed E-state index contributed by atoms with van der Waals surface area (Å²) < 4.78 is 10.9. The molecule has 0 aromatic carbocycles. The highest BCUT2D eigenvalue weighted by atomic mass is 16.5. The molecule has 0 aromatic heterocycles. The van der Waals surface area contributed by atoms with E-state index < -0.39 is 0 Å². The molecule has 0 rings (SSSR count). The molecular weight excluding hydrogens is 308 g/mol. The summed E-state index contributed by atoms with van der Waals surface area (Å²) in [5, 5.41) is 0. The average Bonchev–Trinajstić information content (AvgIpc) is 2.64. The molecule has 2 unspecified atom stereocenters. The summed E-state index contributed by atoms with van der Waals surface area (Å²) >= 11 is 0. The molecule has 0 heterocycles. The number of hydrogen-bond donors (Lipinski definition) is 0. The molecule has 2 heteroatoms. The Bertz CT molecular complexity index is 394. The third-order valence-electron chi connectivity index (χ3n) is 4.34. The Morgan fingerprint density at radius 3 is 1.48 bits per heavy atom. The lowest BCUT2D eigenvalue weighted by molar-refractivity contribution is 0.138. The summed E-state index contributed by atoms with van der Waals surface area (Å²) in [7, 11) is 3.52. The van der Waals surface area contributed by atoms with Crippen LogP contribution >= 0.6 is 0 Å². The van der Waals surface area contributed by atoms with E-state index in [4.69, 9.17) is 9.47 Å². The molecule has 0 bridgehead atoms. The zero-order chi connectivity index (χ0) is 18.6. The lowest BCUT2D eigenvalue weighted by Crippen LogP contribution is -2.07. The lowest BCUT2D eigenvalue weighted by atomic mass is 10.1. The Kier molecular flexibility index (Phi) is 18.6. The van der Waals surface area contributed by atoms with Crippen LogP contribution in [0.4, 0.5) is 0 Å². The van der Waals surface area contributed by atoms with Gasteiger partial charge < -0.3 is 9.47 Å². The summed E-state index contributed by atoms with van der Waals surface area (Å²) in [5.74, 6) is 13.1. The molecule has 0 saturated heterocycles. The fraction of sp³-hybridized carbons (Fsp3) is 0.826. The van der Waals surface area contributed by atoms with E-state index in [2.05, 4.69) is 37.5 Å². The van der Waals surface area contributed by atoms with Crippen LogP contribution in [0.15, 0.2) is 0 Å². The minimum atomic E-state index is 0.113. The summed E-state index contributed by atoms with van der Waals surface area (Å²) in [6.07, 6.45) is 15.3. The van der Waals surface area contributed by atoms with Crippen LogP contribution in [0.2, 0.25) is 0 Å². The van der Waals surface area contributed by atoms with Crippen molar-refractivity contribution >= 4 is 0 Å². The summed E-state index contributed by atoms with van der Waals surface area (Å²) in [5.41, 5.74) is 0.